The number of imide groups is 1. The second-order valence-electron chi connectivity index (χ2n) is 8.88. The van der Waals surface area contributed by atoms with Crippen LogP contribution in [0.2, 0.25) is 0 Å². The van der Waals surface area contributed by atoms with Crippen LogP contribution < -0.4 is 4.74 Å². The Morgan fingerprint density at radius 1 is 0.912 bits per heavy atom. The van der Waals surface area contributed by atoms with Crippen LogP contribution in [0, 0.1) is 0 Å². The molecule has 1 saturated heterocycles. The lowest BCUT2D eigenvalue weighted by molar-refractivity contribution is -0.136. The SMILES string of the molecule is COc1ccc(CN2C3=NC4C(C(=O)N(CCc5ccccc5)C(=O)N4C)N3C(C)=C2C)cc1. The first-order chi connectivity index (χ1) is 16.4. The Morgan fingerprint density at radius 3 is 2.29 bits per heavy atom. The number of nitrogens with zero attached hydrogens (tertiary/aromatic N) is 5. The van der Waals surface area contributed by atoms with Crippen molar-refractivity contribution in [2.24, 2.45) is 4.99 Å². The van der Waals surface area contributed by atoms with E-state index in [0.29, 0.717) is 19.5 Å². The number of allylic oxidation sites excluding steroid dienone is 2. The molecule has 1 fully saturated rings. The quantitative estimate of drug-likeness (QED) is 0.663. The van der Waals surface area contributed by atoms with Gasteiger partial charge in [0.15, 0.2) is 12.2 Å². The molecule has 0 spiro atoms. The van der Waals surface area contributed by atoms with Gasteiger partial charge in [0.2, 0.25) is 5.96 Å². The third-order valence-corrected chi connectivity index (χ3v) is 6.97. The van der Waals surface area contributed by atoms with E-state index >= 15 is 0 Å². The number of amides is 3. The summed E-state index contributed by atoms with van der Waals surface area (Å²) in [5, 5.41) is 0. The van der Waals surface area contributed by atoms with Gasteiger partial charge in [0.05, 0.1) is 13.7 Å². The number of guanidine groups is 1. The Balaban J connectivity index is 1.39. The Bertz CT molecular complexity index is 1170. The zero-order valence-electron chi connectivity index (χ0n) is 19.9. The molecule has 3 aliphatic heterocycles. The van der Waals surface area contributed by atoms with Gasteiger partial charge in [-0.2, -0.15) is 0 Å². The van der Waals surface area contributed by atoms with Crippen LogP contribution in [0.25, 0.3) is 0 Å². The summed E-state index contributed by atoms with van der Waals surface area (Å²) in [5.74, 6) is 1.33. The van der Waals surface area contributed by atoms with E-state index in [4.69, 9.17) is 9.73 Å². The standard InChI is InChI=1S/C26H29N5O3/c1-17-18(2)31-22-23(27-25(31)30(17)16-20-10-12-21(34-4)13-11-20)28(3)26(33)29(24(22)32)15-14-19-8-6-5-7-9-19/h5-13,22-23H,14-16H2,1-4H3. The smallest absolute Gasteiger partial charge is 0.328 e. The van der Waals surface area contributed by atoms with Crippen LogP contribution >= 0.6 is 0 Å². The van der Waals surface area contributed by atoms with Gasteiger partial charge in [0.1, 0.15) is 5.75 Å². The second kappa shape index (κ2) is 8.52. The van der Waals surface area contributed by atoms with Gasteiger partial charge in [0.25, 0.3) is 5.91 Å². The largest absolute Gasteiger partial charge is 0.497 e. The summed E-state index contributed by atoms with van der Waals surface area (Å²) < 4.78 is 5.27. The number of fused-ring (bicyclic) bond motifs is 3. The Morgan fingerprint density at radius 2 is 1.62 bits per heavy atom. The van der Waals surface area contributed by atoms with Gasteiger partial charge in [-0.3, -0.25) is 14.6 Å². The minimum absolute atomic E-state index is 0.193. The van der Waals surface area contributed by atoms with Crippen molar-refractivity contribution < 1.29 is 14.3 Å². The molecule has 8 nitrogen and oxygen atoms in total. The van der Waals surface area contributed by atoms with E-state index in [1.165, 1.54) is 4.90 Å². The molecule has 5 rings (SSSR count). The van der Waals surface area contributed by atoms with Gasteiger partial charge >= 0.3 is 6.03 Å². The molecule has 176 valence electrons. The van der Waals surface area contributed by atoms with E-state index in [-0.39, 0.29) is 11.9 Å². The van der Waals surface area contributed by atoms with Crippen molar-refractivity contribution in [1.82, 2.24) is 19.6 Å². The molecule has 3 amide bonds. The predicted molar refractivity (Wildman–Crippen MR) is 129 cm³/mol. The molecule has 8 heteroatoms. The van der Waals surface area contributed by atoms with Gasteiger partial charge < -0.3 is 14.5 Å². The van der Waals surface area contributed by atoms with Crippen LogP contribution in [0.1, 0.15) is 25.0 Å². The minimum atomic E-state index is -0.552. The van der Waals surface area contributed by atoms with Crippen molar-refractivity contribution in [3.05, 3.63) is 77.1 Å². The Labute approximate surface area is 199 Å². The van der Waals surface area contributed by atoms with Crippen molar-refractivity contribution in [2.45, 2.75) is 39.0 Å². The number of carbonyl (C=O) groups excluding carboxylic acids is 2. The zero-order valence-corrected chi connectivity index (χ0v) is 19.9. The molecule has 2 aromatic rings. The topological polar surface area (TPSA) is 68.7 Å². The van der Waals surface area contributed by atoms with Crippen molar-refractivity contribution in [3.8, 4) is 5.75 Å². The first-order valence-electron chi connectivity index (χ1n) is 11.5. The lowest BCUT2D eigenvalue weighted by Gasteiger charge is -2.40. The number of hydrogen-bond acceptors (Lipinski definition) is 6. The third-order valence-electron chi connectivity index (χ3n) is 6.97. The van der Waals surface area contributed by atoms with Crippen molar-refractivity contribution in [3.63, 3.8) is 0 Å². The van der Waals surface area contributed by atoms with E-state index in [9.17, 15) is 9.59 Å². The molecular formula is C26H29N5O3. The Kier molecular flexibility index (Phi) is 5.51. The van der Waals surface area contributed by atoms with Crippen LogP contribution in [0.4, 0.5) is 4.79 Å². The van der Waals surface area contributed by atoms with E-state index in [2.05, 4.69) is 4.90 Å². The number of aliphatic imine (C=N–C) groups is 1. The van der Waals surface area contributed by atoms with Gasteiger partial charge in [0, 0.05) is 25.0 Å². The fourth-order valence-electron chi connectivity index (χ4n) is 4.87. The number of likely N-dealkylation sites (N-methyl/N-ethyl adjacent to an activating group) is 1. The first-order valence-corrected chi connectivity index (χ1v) is 11.5. The van der Waals surface area contributed by atoms with Crippen molar-refractivity contribution in [2.75, 3.05) is 20.7 Å². The number of rotatable bonds is 6. The molecule has 3 aliphatic rings. The molecule has 2 unspecified atom stereocenters. The van der Waals surface area contributed by atoms with Crippen LogP contribution in [-0.4, -0.2) is 70.4 Å². The summed E-state index contributed by atoms with van der Waals surface area (Å²) in [4.78, 5) is 38.7. The summed E-state index contributed by atoms with van der Waals surface area (Å²) in [7, 11) is 3.38. The fourth-order valence-corrected chi connectivity index (χ4v) is 4.87. The highest BCUT2D eigenvalue weighted by Gasteiger charge is 2.55. The van der Waals surface area contributed by atoms with Crippen molar-refractivity contribution in [1.29, 1.82) is 0 Å². The number of carbonyl (C=O) groups is 2. The normalized spacial score (nSPS) is 21.8. The van der Waals surface area contributed by atoms with Crippen LogP contribution in [0.5, 0.6) is 5.75 Å². The highest BCUT2D eigenvalue weighted by Crippen LogP contribution is 2.38. The second-order valence-corrected chi connectivity index (χ2v) is 8.88. The summed E-state index contributed by atoms with van der Waals surface area (Å²) >= 11 is 0. The summed E-state index contributed by atoms with van der Waals surface area (Å²) in [6.07, 6.45) is 0.0821. The molecule has 3 heterocycles. The lowest BCUT2D eigenvalue weighted by Crippen LogP contribution is -2.64. The molecule has 34 heavy (non-hydrogen) atoms. The molecule has 2 atom stereocenters. The maximum Gasteiger partial charge on any atom is 0.328 e. The van der Waals surface area contributed by atoms with E-state index < -0.39 is 12.2 Å². The number of benzene rings is 2. The zero-order chi connectivity index (χ0) is 24.0. The molecule has 0 aliphatic carbocycles. The molecule has 0 aromatic heterocycles. The van der Waals surface area contributed by atoms with Crippen LogP contribution in [-0.2, 0) is 17.8 Å². The molecule has 0 N–H and O–H groups in total. The molecule has 0 radical (unpaired) electrons. The average Bonchev–Trinajstić information content (AvgIpc) is 3.35. The highest BCUT2D eigenvalue weighted by atomic mass is 16.5. The predicted octanol–water partition coefficient (Wildman–Crippen LogP) is 3.27. The monoisotopic (exact) mass is 459 g/mol. The summed E-state index contributed by atoms with van der Waals surface area (Å²) in [5.41, 5.74) is 4.23. The van der Waals surface area contributed by atoms with Crippen LogP contribution in [0.15, 0.2) is 71.0 Å². The van der Waals surface area contributed by atoms with E-state index in [0.717, 1.165) is 34.2 Å². The minimum Gasteiger partial charge on any atom is -0.497 e. The maximum absolute atomic E-state index is 13.6. The fraction of sp³-hybridized carbons (Fsp3) is 0.346. The number of urea groups is 1. The molecule has 0 bridgehead atoms. The van der Waals surface area contributed by atoms with E-state index in [1.807, 2.05) is 73.3 Å². The average molecular weight is 460 g/mol. The first kappa shape index (κ1) is 22.0. The lowest BCUT2D eigenvalue weighted by atomic mass is 10.1. The van der Waals surface area contributed by atoms with Crippen molar-refractivity contribution >= 4 is 17.9 Å². The summed E-state index contributed by atoms with van der Waals surface area (Å²) in [6, 6.07) is 17.0. The van der Waals surface area contributed by atoms with Gasteiger partial charge in [-0.1, -0.05) is 42.5 Å². The van der Waals surface area contributed by atoms with Gasteiger partial charge in [-0.15, -0.1) is 0 Å². The molecule has 0 saturated carbocycles. The molecular weight excluding hydrogens is 430 g/mol. The Hall–Kier alpha value is -3.81. The van der Waals surface area contributed by atoms with Gasteiger partial charge in [-0.25, -0.2) is 9.79 Å². The third kappa shape index (κ3) is 3.50. The molecule has 2 aromatic carbocycles. The maximum atomic E-state index is 13.6. The number of methoxy groups -OCH3 is 1. The van der Waals surface area contributed by atoms with Gasteiger partial charge in [-0.05, 0) is 43.5 Å². The summed E-state index contributed by atoms with van der Waals surface area (Å²) in [6.45, 7) is 5.02. The van der Waals surface area contributed by atoms with E-state index in [1.54, 1.807) is 19.1 Å². The number of hydrogen-bond donors (Lipinski definition) is 0. The highest BCUT2D eigenvalue weighted by molar-refractivity contribution is 6.05. The van der Waals surface area contributed by atoms with Crippen LogP contribution in [0.3, 0.4) is 0 Å². The number of ether oxygens (including phenoxy) is 1.